The Bertz CT molecular complexity index is 1300. The van der Waals surface area contributed by atoms with Crippen LogP contribution in [0.4, 0.5) is 11.8 Å². The molecule has 0 unspecified atom stereocenters. The molecule has 7 nitrogen and oxygen atoms in total. The number of halogens is 1. The van der Waals surface area contributed by atoms with Gasteiger partial charge in [-0.2, -0.15) is 4.98 Å². The monoisotopic (exact) mass is 515 g/mol. The molecule has 0 saturated heterocycles. The largest absolute Gasteiger partial charge is 0.362 e. The molecule has 0 spiro atoms. The number of nitrogens with one attached hydrogen (secondary N) is 2. The zero-order chi connectivity index (χ0) is 25.2. The van der Waals surface area contributed by atoms with Gasteiger partial charge in [0.1, 0.15) is 5.82 Å². The number of rotatable bonds is 8. The molecule has 3 aromatic rings. The van der Waals surface area contributed by atoms with Gasteiger partial charge in [-0.3, -0.25) is 0 Å². The quantitative estimate of drug-likeness (QED) is 0.430. The van der Waals surface area contributed by atoms with E-state index in [-0.39, 0.29) is 0 Å². The highest BCUT2D eigenvalue weighted by molar-refractivity contribution is 7.89. The second-order valence-electron chi connectivity index (χ2n) is 9.77. The number of hydrogen-bond acceptors (Lipinski definition) is 6. The molecule has 1 aliphatic rings. The number of aromatic nitrogens is 2. The SMILES string of the molecule is Cc1cc(S(=O)(=O)NC[C@H]2CC[C@H](CNc3nc(N(C)C)c4ccccc4n3)CC2)c(C)cc1Cl. The smallest absolute Gasteiger partial charge is 0.240 e. The van der Waals surface area contributed by atoms with Gasteiger partial charge in [0.2, 0.25) is 16.0 Å². The van der Waals surface area contributed by atoms with E-state index < -0.39 is 10.0 Å². The van der Waals surface area contributed by atoms with Gasteiger partial charge in [0, 0.05) is 37.6 Å². The maximum absolute atomic E-state index is 12.9. The van der Waals surface area contributed by atoms with Gasteiger partial charge in [-0.1, -0.05) is 23.7 Å². The molecule has 1 fully saturated rings. The van der Waals surface area contributed by atoms with Gasteiger partial charge in [0.15, 0.2) is 0 Å². The average Bonchev–Trinajstić information content (AvgIpc) is 2.83. The molecular formula is C26H34ClN5O2S. The van der Waals surface area contributed by atoms with Gasteiger partial charge in [0.05, 0.1) is 10.4 Å². The second-order valence-corrected chi connectivity index (χ2v) is 11.9. The van der Waals surface area contributed by atoms with Gasteiger partial charge < -0.3 is 10.2 Å². The van der Waals surface area contributed by atoms with Crippen LogP contribution in [0.5, 0.6) is 0 Å². The third kappa shape index (κ3) is 6.05. The molecule has 0 aliphatic heterocycles. The molecule has 2 aromatic carbocycles. The first-order valence-electron chi connectivity index (χ1n) is 12.1. The lowest BCUT2D eigenvalue weighted by atomic mass is 9.82. The van der Waals surface area contributed by atoms with Gasteiger partial charge in [0.25, 0.3) is 0 Å². The predicted molar refractivity (Wildman–Crippen MR) is 144 cm³/mol. The first-order valence-corrected chi connectivity index (χ1v) is 13.9. The van der Waals surface area contributed by atoms with E-state index in [1.54, 1.807) is 19.1 Å². The number of sulfonamides is 1. The number of aryl methyl sites for hydroxylation is 2. The maximum atomic E-state index is 12.9. The van der Waals surface area contributed by atoms with Crippen molar-refractivity contribution in [1.29, 1.82) is 0 Å². The fraction of sp³-hybridized carbons (Fsp3) is 0.462. The van der Waals surface area contributed by atoms with Crippen molar-refractivity contribution in [2.75, 3.05) is 37.4 Å². The lowest BCUT2D eigenvalue weighted by molar-refractivity contribution is 0.284. The fourth-order valence-electron chi connectivity index (χ4n) is 4.70. The average molecular weight is 516 g/mol. The highest BCUT2D eigenvalue weighted by atomic mass is 35.5. The topological polar surface area (TPSA) is 87.2 Å². The Morgan fingerprint density at radius 2 is 1.63 bits per heavy atom. The van der Waals surface area contributed by atoms with Crippen LogP contribution in [0.1, 0.15) is 36.8 Å². The highest BCUT2D eigenvalue weighted by Crippen LogP contribution is 2.30. The van der Waals surface area contributed by atoms with Crippen molar-refractivity contribution in [2.24, 2.45) is 11.8 Å². The number of hydrogen-bond donors (Lipinski definition) is 2. The molecule has 0 amide bonds. The molecule has 4 rings (SSSR count). The number of benzene rings is 2. The van der Waals surface area contributed by atoms with Crippen molar-refractivity contribution in [3.63, 3.8) is 0 Å². The molecule has 2 N–H and O–H groups in total. The molecule has 9 heteroatoms. The van der Waals surface area contributed by atoms with Crippen LogP contribution in [0, 0.1) is 25.7 Å². The lowest BCUT2D eigenvalue weighted by Gasteiger charge is -2.29. The summed E-state index contributed by atoms with van der Waals surface area (Å²) in [6.45, 7) is 4.87. The van der Waals surface area contributed by atoms with Crippen molar-refractivity contribution in [1.82, 2.24) is 14.7 Å². The van der Waals surface area contributed by atoms with Crippen molar-refractivity contribution in [2.45, 2.75) is 44.4 Å². The lowest BCUT2D eigenvalue weighted by Crippen LogP contribution is -2.32. The Morgan fingerprint density at radius 3 is 2.31 bits per heavy atom. The van der Waals surface area contributed by atoms with Crippen LogP contribution in [0.3, 0.4) is 0 Å². The van der Waals surface area contributed by atoms with Gasteiger partial charge in [-0.05, 0) is 86.8 Å². The normalized spacial score (nSPS) is 18.5. The summed E-state index contributed by atoms with van der Waals surface area (Å²) in [5.74, 6) is 2.41. The molecule has 1 saturated carbocycles. The Balaban J connectivity index is 1.30. The van der Waals surface area contributed by atoms with E-state index in [1.165, 1.54) is 0 Å². The maximum Gasteiger partial charge on any atom is 0.240 e. The minimum absolute atomic E-state index is 0.310. The molecule has 0 radical (unpaired) electrons. The number of fused-ring (bicyclic) bond motifs is 1. The summed E-state index contributed by atoms with van der Waals surface area (Å²) in [6, 6.07) is 11.4. The van der Waals surface area contributed by atoms with Crippen LogP contribution in [-0.2, 0) is 10.0 Å². The molecule has 188 valence electrons. The predicted octanol–water partition coefficient (Wildman–Crippen LogP) is 5.16. The minimum atomic E-state index is -3.56. The minimum Gasteiger partial charge on any atom is -0.362 e. The zero-order valence-electron chi connectivity index (χ0n) is 20.8. The number of para-hydroxylation sites is 1. The van der Waals surface area contributed by atoms with Crippen molar-refractivity contribution >= 4 is 44.3 Å². The van der Waals surface area contributed by atoms with Crippen molar-refractivity contribution < 1.29 is 8.42 Å². The van der Waals surface area contributed by atoms with Gasteiger partial charge in [-0.15, -0.1) is 0 Å². The summed E-state index contributed by atoms with van der Waals surface area (Å²) < 4.78 is 28.6. The summed E-state index contributed by atoms with van der Waals surface area (Å²) in [6.07, 6.45) is 4.09. The first-order chi connectivity index (χ1) is 16.6. The Morgan fingerprint density at radius 1 is 0.971 bits per heavy atom. The van der Waals surface area contributed by atoms with Crippen molar-refractivity contribution in [3.8, 4) is 0 Å². The van der Waals surface area contributed by atoms with E-state index in [0.29, 0.717) is 39.8 Å². The molecular weight excluding hydrogens is 482 g/mol. The first kappa shape index (κ1) is 25.7. The van der Waals surface area contributed by atoms with E-state index >= 15 is 0 Å². The zero-order valence-corrected chi connectivity index (χ0v) is 22.4. The van der Waals surface area contributed by atoms with Crippen LogP contribution in [0.25, 0.3) is 10.9 Å². The standard InChI is InChI=1S/C26H34ClN5O2S/c1-17-14-24(18(2)13-22(17)27)35(33,34)29-16-20-11-9-19(10-12-20)15-28-26-30-23-8-6-5-7-21(23)25(31-26)32(3)4/h5-8,13-14,19-20,29H,9-12,15-16H2,1-4H3,(H,28,30,31)/t19-,20-. The molecule has 1 aromatic heterocycles. The van der Waals surface area contributed by atoms with Gasteiger partial charge in [-0.25, -0.2) is 18.1 Å². The van der Waals surface area contributed by atoms with Crippen LogP contribution in [0.2, 0.25) is 5.02 Å². The number of nitrogens with zero attached hydrogens (tertiary/aromatic N) is 3. The third-order valence-electron chi connectivity index (χ3n) is 6.83. The summed E-state index contributed by atoms with van der Waals surface area (Å²) in [5, 5.41) is 5.06. The van der Waals surface area contributed by atoms with E-state index in [2.05, 4.69) is 15.0 Å². The summed E-state index contributed by atoms with van der Waals surface area (Å²) in [5.41, 5.74) is 2.35. The third-order valence-corrected chi connectivity index (χ3v) is 8.80. The van der Waals surface area contributed by atoms with E-state index in [9.17, 15) is 8.42 Å². The molecule has 35 heavy (non-hydrogen) atoms. The molecule has 1 heterocycles. The van der Waals surface area contributed by atoms with E-state index in [0.717, 1.165) is 54.5 Å². The van der Waals surface area contributed by atoms with Crippen LogP contribution >= 0.6 is 11.6 Å². The molecule has 0 atom stereocenters. The molecule has 1 aliphatic carbocycles. The van der Waals surface area contributed by atoms with E-state index in [4.69, 9.17) is 16.6 Å². The molecule has 0 bridgehead atoms. The summed E-state index contributed by atoms with van der Waals surface area (Å²) >= 11 is 6.13. The second kappa shape index (κ2) is 10.7. The Kier molecular flexibility index (Phi) is 7.83. The van der Waals surface area contributed by atoms with Gasteiger partial charge >= 0.3 is 0 Å². The Hall–Kier alpha value is -2.42. The number of anilines is 2. The fourth-order valence-corrected chi connectivity index (χ4v) is 6.35. The summed E-state index contributed by atoms with van der Waals surface area (Å²) in [7, 11) is 0.419. The van der Waals surface area contributed by atoms with Crippen LogP contribution < -0.4 is 14.9 Å². The van der Waals surface area contributed by atoms with E-state index in [1.807, 2.05) is 50.2 Å². The van der Waals surface area contributed by atoms with Crippen LogP contribution in [-0.4, -0.2) is 45.6 Å². The summed E-state index contributed by atoms with van der Waals surface area (Å²) in [4.78, 5) is 11.7. The highest BCUT2D eigenvalue weighted by Gasteiger charge is 2.24. The van der Waals surface area contributed by atoms with Crippen molar-refractivity contribution in [3.05, 3.63) is 52.5 Å². The van der Waals surface area contributed by atoms with Crippen LogP contribution in [0.15, 0.2) is 41.3 Å². The Labute approximate surface area is 213 Å².